The lowest BCUT2D eigenvalue weighted by atomic mass is 10.1. The molecule has 2 aromatic carbocycles. The highest BCUT2D eigenvalue weighted by Crippen LogP contribution is 2.36. The minimum Gasteiger partial charge on any atom is -0.493 e. The summed E-state index contributed by atoms with van der Waals surface area (Å²) in [6.45, 7) is 1.33. The van der Waals surface area contributed by atoms with Crippen LogP contribution in [0.1, 0.15) is 18.9 Å². The van der Waals surface area contributed by atoms with E-state index in [2.05, 4.69) is 5.32 Å². The van der Waals surface area contributed by atoms with Crippen molar-refractivity contribution in [2.75, 3.05) is 34.0 Å². The van der Waals surface area contributed by atoms with E-state index < -0.39 is 6.10 Å². The van der Waals surface area contributed by atoms with Crippen molar-refractivity contribution >= 4 is 11.7 Å². The normalized spacial score (nSPS) is 11.4. The summed E-state index contributed by atoms with van der Waals surface area (Å²) in [5.41, 5.74) is 1.03. The largest absolute Gasteiger partial charge is 0.493 e. The number of ether oxygens (including phenoxy) is 4. The molecule has 168 valence electrons. The molecular weight excluding hydrogens is 402 g/mol. The predicted octanol–water partition coefficient (Wildman–Crippen LogP) is 2.16. The Morgan fingerprint density at radius 3 is 2.23 bits per heavy atom. The third kappa shape index (κ3) is 8.18. The van der Waals surface area contributed by atoms with E-state index in [-0.39, 0.29) is 31.4 Å². The molecule has 1 amide bonds. The second-order valence-electron chi connectivity index (χ2n) is 6.90. The first-order chi connectivity index (χ1) is 14.9. The highest BCUT2D eigenvalue weighted by Gasteiger charge is 2.14. The van der Waals surface area contributed by atoms with Crippen molar-refractivity contribution in [1.29, 1.82) is 0 Å². The number of aliphatic hydroxyl groups excluding tert-OH is 1. The van der Waals surface area contributed by atoms with Crippen LogP contribution in [0.5, 0.6) is 23.0 Å². The summed E-state index contributed by atoms with van der Waals surface area (Å²) in [4.78, 5) is 23.0. The summed E-state index contributed by atoms with van der Waals surface area (Å²) < 4.78 is 21.5. The van der Waals surface area contributed by atoms with Crippen molar-refractivity contribution in [3.63, 3.8) is 0 Å². The molecule has 2 aromatic rings. The quantitative estimate of drug-likeness (QED) is 0.501. The molecule has 31 heavy (non-hydrogen) atoms. The molecule has 0 saturated carbocycles. The lowest BCUT2D eigenvalue weighted by Gasteiger charge is -2.17. The summed E-state index contributed by atoms with van der Waals surface area (Å²) >= 11 is 0. The second-order valence-corrected chi connectivity index (χ2v) is 6.90. The number of amides is 1. The van der Waals surface area contributed by atoms with Crippen LogP contribution >= 0.6 is 0 Å². The van der Waals surface area contributed by atoms with Gasteiger partial charge >= 0.3 is 0 Å². The molecule has 0 aliphatic heterocycles. The molecule has 2 N–H and O–H groups in total. The molecule has 0 spiro atoms. The number of aliphatic hydroxyl groups is 1. The van der Waals surface area contributed by atoms with E-state index in [0.717, 1.165) is 5.56 Å². The Bertz CT molecular complexity index is 829. The number of carbonyl (C=O) groups is 2. The van der Waals surface area contributed by atoms with Crippen LogP contribution in [0.15, 0.2) is 42.5 Å². The molecule has 8 nitrogen and oxygen atoms in total. The predicted molar refractivity (Wildman–Crippen MR) is 115 cm³/mol. The number of hydrogen-bond donors (Lipinski definition) is 2. The van der Waals surface area contributed by atoms with E-state index in [0.29, 0.717) is 35.8 Å². The van der Waals surface area contributed by atoms with Gasteiger partial charge in [0.2, 0.25) is 5.75 Å². The van der Waals surface area contributed by atoms with E-state index >= 15 is 0 Å². The average Bonchev–Trinajstić information content (AvgIpc) is 2.78. The highest BCUT2D eigenvalue weighted by atomic mass is 16.5. The smallest absolute Gasteiger partial charge is 0.258 e. The molecule has 0 fully saturated rings. The van der Waals surface area contributed by atoms with Gasteiger partial charge in [0.05, 0.1) is 14.2 Å². The lowest BCUT2D eigenvalue weighted by molar-refractivity contribution is -0.123. The number of rotatable bonds is 13. The molecule has 0 aliphatic rings. The lowest BCUT2D eigenvalue weighted by Crippen LogP contribution is -2.37. The zero-order chi connectivity index (χ0) is 22.6. The zero-order valence-corrected chi connectivity index (χ0v) is 18.1. The summed E-state index contributed by atoms with van der Waals surface area (Å²) in [5, 5.41) is 12.7. The second kappa shape index (κ2) is 12.4. The van der Waals surface area contributed by atoms with Crippen LogP contribution in [-0.2, 0) is 16.0 Å². The third-order valence-electron chi connectivity index (χ3n) is 4.40. The third-order valence-corrected chi connectivity index (χ3v) is 4.40. The SMILES string of the molecule is COc1cccc(OC)c1OCC(O)CNC(=O)COc1ccc(CCC(C)=O)cc1. The number of benzene rings is 2. The molecular formula is C23H29NO7. The maximum Gasteiger partial charge on any atom is 0.258 e. The van der Waals surface area contributed by atoms with Crippen LogP contribution in [0, 0.1) is 0 Å². The number of carbonyl (C=O) groups excluding carboxylic acids is 2. The average molecular weight is 431 g/mol. The fraction of sp³-hybridized carbons (Fsp3) is 0.391. The first-order valence-corrected chi connectivity index (χ1v) is 9.92. The Kier molecular flexibility index (Phi) is 9.64. The van der Waals surface area contributed by atoms with Crippen molar-refractivity contribution < 1.29 is 33.6 Å². The first kappa shape index (κ1) is 24.0. The van der Waals surface area contributed by atoms with E-state index in [1.54, 1.807) is 37.3 Å². The summed E-state index contributed by atoms with van der Waals surface area (Å²) in [6.07, 6.45) is 0.245. The van der Waals surface area contributed by atoms with Gasteiger partial charge in [0.15, 0.2) is 18.1 Å². The van der Waals surface area contributed by atoms with Crippen molar-refractivity contribution in [2.24, 2.45) is 0 Å². The van der Waals surface area contributed by atoms with Crippen LogP contribution in [0.4, 0.5) is 0 Å². The van der Waals surface area contributed by atoms with E-state index in [9.17, 15) is 14.7 Å². The standard InChI is InChI=1S/C23H29NO7/c1-16(25)7-8-17-9-11-19(12-10-17)30-15-22(27)24-13-18(26)14-31-23-20(28-2)5-4-6-21(23)29-3/h4-6,9-12,18,26H,7-8,13-15H2,1-3H3,(H,24,27). The Balaban J connectivity index is 1.72. The van der Waals surface area contributed by atoms with Crippen LogP contribution in [0.25, 0.3) is 0 Å². The molecule has 0 heterocycles. The number of nitrogens with one attached hydrogen (secondary N) is 1. The van der Waals surface area contributed by atoms with Gasteiger partial charge in [-0.1, -0.05) is 18.2 Å². The van der Waals surface area contributed by atoms with E-state index in [1.807, 2.05) is 12.1 Å². The van der Waals surface area contributed by atoms with Crippen molar-refractivity contribution in [3.8, 4) is 23.0 Å². The summed E-state index contributed by atoms with van der Waals surface area (Å²) in [7, 11) is 3.02. The topological polar surface area (TPSA) is 103 Å². The number of hydrogen-bond acceptors (Lipinski definition) is 7. The maximum absolute atomic E-state index is 12.0. The first-order valence-electron chi connectivity index (χ1n) is 9.92. The number of Topliss-reactive ketones (excluding diaryl/α,β-unsaturated/α-hetero) is 1. The van der Waals surface area contributed by atoms with Crippen molar-refractivity contribution in [1.82, 2.24) is 5.32 Å². The molecule has 0 aromatic heterocycles. The number of ketones is 1. The molecule has 1 unspecified atom stereocenters. The van der Waals surface area contributed by atoms with Gasteiger partial charge in [-0.25, -0.2) is 0 Å². The molecule has 0 aliphatic carbocycles. The fourth-order valence-electron chi connectivity index (χ4n) is 2.70. The van der Waals surface area contributed by atoms with Gasteiger partial charge in [-0.3, -0.25) is 4.79 Å². The zero-order valence-electron chi connectivity index (χ0n) is 18.1. The van der Waals surface area contributed by atoms with Crippen LogP contribution in [0.3, 0.4) is 0 Å². The Morgan fingerprint density at radius 1 is 1.00 bits per heavy atom. The number of methoxy groups -OCH3 is 2. The Hall–Kier alpha value is -3.26. The van der Waals surface area contributed by atoms with Gasteiger partial charge in [-0.2, -0.15) is 0 Å². The van der Waals surface area contributed by atoms with Crippen LogP contribution in [-0.4, -0.2) is 56.9 Å². The van der Waals surface area contributed by atoms with Gasteiger partial charge in [0.1, 0.15) is 24.2 Å². The minimum atomic E-state index is -0.931. The monoisotopic (exact) mass is 431 g/mol. The fourth-order valence-corrected chi connectivity index (χ4v) is 2.70. The Labute approximate surface area is 182 Å². The summed E-state index contributed by atoms with van der Waals surface area (Å²) in [5.74, 6) is 1.68. The van der Waals surface area contributed by atoms with Crippen molar-refractivity contribution in [3.05, 3.63) is 48.0 Å². The molecule has 2 rings (SSSR count). The van der Waals surface area contributed by atoms with Crippen LogP contribution in [0.2, 0.25) is 0 Å². The number of aryl methyl sites for hydroxylation is 1. The molecule has 8 heteroatoms. The molecule has 0 bridgehead atoms. The van der Waals surface area contributed by atoms with E-state index in [4.69, 9.17) is 18.9 Å². The minimum absolute atomic E-state index is 0.00361. The van der Waals surface area contributed by atoms with Crippen LogP contribution < -0.4 is 24.3 Å². The van der Waals surface area contributed by atoms with Crippen molar-refractivity contribution in [2.45, 2.75) is 25.9 Å². The molecule has 0 saturated heterocycles. The molecule has 0 radical (unpaired) electrons. The van der Waals surface area contributed by atoms with Gasteiger partial charge in [0.25, 0.3) is 5.91 Å². The van der Waals surface area contributed by atoms with E-state index in [1.165, 1.54) is 14.2 Å². The number of para-hydroxylation sites is 1. The maximum atomic E-state index is 12.0. The summed E-state index contributed by atoms with van der Waals surface area (Å²) in [6, 6.07) is 12.4. The van der Waals surface area contributed by atoms with Gasteiger partial charge < -0.3 is 34.2 Å². The van der Waals surface area contributed by atoms with Gasteiger partial charge in [0, 0.05) is 13.0 Å². The highest BCUT2D eigenvalue weighted by molar-refractivity contribution is 5.77. The van der Waals surface area contributed by atoms with Gasteiger partial charge in [-0.05, 0) is 43.2 Å². The molecule has 1 atom stereocenters. The Morgan fingerprint density at radius 2 is 1.65 bits per heavy atom. The van der Waals surface area contributed by atoms with Gasteiger partial charge in [-0.15, -0.1) is 0 Å².